The largest absolute Gasteiger partial charge is 0.486 e. The van der Waals surface area contributed by atoms with Gasteiger partial charge in [0, 0.05) is 32.1 Å². The van der Waals surface area contributed by atoms with Gasteiger partial charge in [0.15, 0.2) is 11.5 Å². The van der Waals surface area contributed by atoms with E-state index in [9.17, 15) is 17.6 Å². The first kappa shape index (κ1) is 22.5. The molecule has 4 rings (SSSR count). The van der Waals surface area contributed by atoms with Crippen LogP contribution >= 0.6 is 0 Å². The van der Waals surface area contributed by atoms with Crippen LogP contribution in [0.25, 0.3) is 0 Å². The summed E-state index contributed by atoms with van der Waals surface area (Å²) >= 11 is 0. The van der Waals surface area contributed by atoms with Crippen molar-refractivity contribution in [2.45, 2.75) is 30.7 Å². The Bertz CT molecular complexity index is 1080. The van der Waals surface area contributed by atoms with E-state index in [2.05, 4.69) is 0 Å². The molecule has 0 bridgehead atoms. The van der Waals surface area contributed by atoms with Crippen LogP contribution in [0.15, 0.2) is 47.4 Å². The molecule has 1 saturated heterocycles. The van der Waals surface area contributed by atoms with Crippen molar-refractivity contribution in [2.24, 2.45) is 5.92 Å². The predicted octanol–water partition coefficient (Wildman–Crippen LogP) is 3.22. The lowest BCUT2D eigenvalue weighted by molar-refractivity contribution is -0.137. The van der Waals surface area contributed by atoms with Gasteiger partial charge in [-0.05, 0) is 49.6 Å². The minimum absolute atomic E-state index is 0.0294. The first-order valence-electron chi connectivity index (χ1n) is 10.7. The number of benzene rings is 2. The van der Waals surface area contributed by atoms with Crippen LogP contribution < -0.4 is 9.47 Å². The number of carbonyl (C=O) groups is 1. The SMILES string of the molecule is C[C@H](c1ccc(F)cc1)N(C)C(=O)C1CCN(S(=O)(=O)c2ccc3c(c2)OCCO3)CC1. The second kappa shape index (κ2) is 9.07. The highest BCUT2D eigenvalue weighted by atomic mass is 32.2. The zero-order valence-electron chi connectivity index (χ0n) is 18.2. The number of piperidine rings is 1. The molecule has 172 valence electrons. The molecule has 9 heteroatoms. The Morgan fingerprint density at radius 3 is 2.34 bits per heavy atom. The van der Waals surface area contributed by atoms with Gasteiger partial charge in [0.25, 0.3) is 0 Å². The summed E-state index contributed by atoms with van der Waals surface area (Å²) in [4.78, 5) is 14.8. The van der Waals surface area contributed by atoms with E-state index in [1.807, 2.05) is 6.92 Å². The molecular formula is C23H27FN2O5S. The Morgan fingerprint density at radius 1 is 1.06 bits per heavy atom. The van der Waals surface area contributed by atoms with Crippen LogP contribution in [-0.2, 0) is 14.8 Å². The summed E-state index contributed by atoms with van der Waals surface area (Å²) in [5.74, 6) is 0.367. The number of sulfonamides is 1. The molecule has 7 nitrogen and oxygen atoms in total. The number of amides is 1. The highest BCUT2D eigenvalue weighted by Gasteiger charge is 2.34. The standard InChI is InChI=1S/C23H27FN2O5S/c1-16(17-3-5-19(24)6-4-17)25(2)23(27)18-9-11-26(12-10-18)32(28,29)20-7-8-21-22(15-20)31-14-13-30-21/h3-8,15-16,18H,9-14H2,1-2H3/t16-/m1/s1. The number of hydrogen-bond donors (Lipinski definition) is 0. The Balaban J connectivity index is 1.40. The van der Waals surface area contributed by atoms with Gasteiger partial charge in [-0.3, -0.25) is 4.79 Å². The van der Waals surface area contributed by atoms with E-state index in [0.29, 0.717) is 37.6 Å². The van der Waals surface area contributed by atoms with Crippen LogP contribution in [0.1, 0.15) is 31.4 Å². The van der Waals surface area contributed by atoms with Crippen molar-refractivity contribution in [3.8, 4) is 11.5 Å². The number of halogens is 1. The van der Waals surface area contributed by atoms with Gasteiger partial charge in [-0.1, -0.05) is 12.1 Å². The molecule has 2 aliphatic heterocycles. The Labute approximate surface area is 187 Å². The van der Waals surface area contributed by atoms with E-state index in [0.717, 1.165) is 5.56 Å². The lowest BCUT2D eigenvalue weighted by Crippen LogP contribution is -2.44. The minimum Gasteiger partial charge on any atom is -0.486 e. The molecule has 1 atom stereocenters. The highest BCUT2D eigenvalue weighted by Crippen LogP contribution is 2.34. The Hall–Kier alpha value is -2.65. The maximum absolute atomic E-state index is 13.2. The van der Waals surface area contributed by atoms with Gasteiger partial charge in [0.05, 0.1) is 10.9 Å². The van der Waals surface area contributed by atoms with Crippen LogP contribution in [0, 0.1) is 11.7 Å². The zero-order valence-corrected chi connectivity index (χ0v) is 19.0. The first-order valence-corrected chi connectivity index (χ1v) is 12.1. The predicted molar refractivity (Wildman–Crippen MR) is 116 cm³/mol. The van der Waals surface area contributed by atoms with Crippen molar-refractivity contribution in [1.29, 1.82) is 0 Å². The molecule has 1 amide bonds. The summed E-state index contributed by atoms with van der Waals surface area (Å²) < 4.78 is 51.8. The quantitative estimate of drug-likeness (QED) is 0.682. The van der Waals surface area contributed by atoms with Gasteiger partial charge in [0.1, 0.15) is 19.0 Å². The van der Waals surface area contributed by atoms with E-state index in [-0.39, 0.29) is 41.7 Å². The summed E-state index contributed by atoms with van der Waals surface area (Å²) in [6.45, 7) is 3.26. The number of rotatable bonds is 5. The molecule has 0 aromatic heterocycles. The molecule has 32 heavy (non-hydrogen) atoms. The smallest absolute Gasteiger partial charge is 0.243 e. The van der Waals surface area contributed by atoms with E-state index >= 15 is 0 Å². The fourth-order valence-electron chi connectivity index (χ4n) is 4.12. The average Bonchev–Trinajstić information content (AvgIpc) is 2.83. The van der Waals surface area contributed by atoms with Crippen molar-refractivity contribution in [2.75, 3.05) is 33.4 Å². The van der Waals surface area contributed by atoms with Crippen molar-refractivity contribution >= 4 is 15.9 Å². The number of ether oxygens (including phenoxy) is 2. The van der Waals surface area contributed by atoms with Gasteiger partial charge < -0.3 is 14.4 Å². The molecule has 0 spiro atoms. The van der Waals surface area contributed by atoms with Crippen LogP contribution in [0.2, 0.25) is 0 Å². The molecule has 1 fully saturated rings. The number of hydrogen-bond acceptors (Lipinski definition) is 5. The molecule has 2 aromatic rings. The van der Waals surface area contributed by atoms with E-state index in [1.54, 1.807) is 30.1 Å². The maximum Gasteiger partial charge on any atom is 0.243 e. The Kier molecular flexibility index (Phi) is 6.39. The van der Waals surface area contributed by atoms with Gasteiger partial charge in [-0.2, -0.15) is 4.31 Å². The second-order valence-corrected chi connectivity index (χ2v) is 10.1. The number of carbonyl (C=O) groups excluding carboxylic acids is 1. The van der Waals surface area contributed by atoms with Crippen molar-refractivity contribution in [3.63, 3.8) is 0 Å². The number of nitrogens with zero attached hydrogens (tertiary/aromatic N) is 2. The van der Waals surface area contributed by atoms with Crippen molar-refractivity contribution < 1.29 is 27.1 Å². The topological polar surface area (TPSA) is 76.2 Å². The molecule has 0 unspecified atom stereocenters. The highest BCUT2D eigenvalue weighted by molar-refractivity contribution is 7.89. The van der Waals surface area contributed by atoms with Crippen LogP contribution in [-0.4, -0.2) is 56.9 Å². The Morgan fingerprint density at radius 2 is 1.69 bits per heavy atom. The van der Waals surface area contributed by atoms with Crippen LogP contribution in [0.5, 0.6) is 11.5 Å². The fraction of sp³-hybridized carbons (Fsp3) is 0.435. The first-order chi connectivity index (χ1) is 15.3. The van der Waals surface area contributed by atoms with E-state index in [4.69, 9.17) is 9.47 Å². The van der Waals surface area contributed by atoms with Crippen LogP contribution in [0.3, 0.4) is 0 Å². The summed E-state index contributed by atoms with van der Waals surface area (Å²) in [6, 6.07) is 10.5. The molecule has 2 aliphatic rings. The van der Waals surface area contributed by atoms with Crippen molar-refractivity contribution in [1.82, 2.24) is 9.21 Å². The van der Waals surface area contributed by atoms with Gasteiger partial charge >= 0.3 is 0 Å². The number of fused-ring (bicyclic) bond motifs is 1. The minimum atomic E-state index is -3.69. The van der Waals surface area contributed by atoms with Gasteiger partial charge in [0.2, 0.25) is 15.9 Å². The monoisotopic (exact) mass is 462 g/mol. The molecule has 2 aromatic carbocycles. The summed E-state index contributed by atoms with van der Waals surface area (Å²) in [7, 11) is -1.96. The van der Waals surface area contributed by atoms with Crippen LogP contribution in [0.4, 0.5) is 4.39 Å². The van der Waals surface area contributed by atoms with Gasteiger partial charge in [-0.25, -0.2) is 12.8 Å². The molecule has 0 N–H and O–H groups in total. The third-order valence-electron chi connectivity index (χ3n) is 6.24. The van der Waals surface area contributed by atoms with E-state index in [1.165, 1.54) is 28.6 Å². The average molecular weight is 463 g/mol. The van der Waals surface area contributed by atoms with Gasteiger partial charge in [-0.15, -0.1) is 0 Å². The summed E-state index contributed by atoms with van der Waals surface area (Å²) in [5, 5.41) is 0. The van der Waals surface area contributed by atoms with Crippen molar-refractivity contribution in [3.05, 3.63) is 53.8 Å². The van der Waals surface area contributed by atoms with E-state index < -0.39 is 10.0 Å². The molecule has 0 aliphatic carbocycles. The lowest BCUT2D eigenvalue weighted by atomic mass is 9.95. The zero-order chi connectivity index (χ0) is 22.9. The maximum atomic E-state index is 13.2. The fourth-order valence-corrected chi connectivity index (χ4v) is 5.61. The molecule has 2 heterocycles. The molecular weight excluding hydrogens is 435 g/mol. The second-order valence-electron chi connectivity index (χ2n) is 8.16. The third-order valence-corrected chi connectivity index (χ3v) is 8.13. The summed E-state index contributed by atoms with van der Waals surface area (Å²) in [5.41, 5.74) is 0.848. The molecule has 0 saturated carbocycles. The third kappa shape index (κ3) is 4.45. The molecule has 0 radical (unpaired) electrons. The lowest BCUT2D eigenvalue weighted by Gasteiger charge is -2.34. The summed E-state index contributed by atoms with van der Waals surface area (Å²) in [6.07, 6.45) is 0.895. The normalized spacial score (nSPS) is 18.2.